The van der Waals surface area contributed by atoms with Gasteiger partial charge in [0.05, 0.1) is 6.61 Å². The zero-order valence-electron chi connectivity index (χ0n) is 12.0. The van der Waals surface area contributed by atoms with E-state index < -0.39 is 0 Å². The van der Waals surface area contributed by atoms with E-state index in [1.54, 1.807) is 12.1 Å². The van der Waals surface area contributed by atoms with Gasteiger partial charge < -0.3 is 20.1 Å². The van der Waals surface area contributed by atoms with Crippen molar-refractivity contribution in [2.75, 3.05) is 33.4 Å². The molecule has 0 heterocycles. The molecule has 0 aromatic heterocycles. The summed E-state index contributed by atoms with van der Waals surface area (Å²) in [4.78, 5) is 11.4. The Labute approximate surface area is 126 Å². The van der Waals surface area contributed by atoms with Crippen LogP contribution in [0.3, 0.4) is 0 Å². The maximum atomic E-state index is 11.4. The largest absolute Gasteiger partial charge is 0.494 e. The van der Waals surface area contributed by atoms with Crippen LogP contribution in [-0.2, 0) is 4.79 Å². The molecule has 0 atom stereocenters. The predicted octanol–water partition coefficient (Wildman–Crippen LogP) is 1.61. The molecule has 1 aromatic carbocycles. The Kier molecular flexibility index (Phi) is 10.5. The molecule has 0 bridgehead atoms. The Bertz CT molecular complexity index is 371. The smallest absolute Gasteiger partial charge is 0.257 e. The minimum Gasteiger partial charge on any atom is -0.494 e. The van der Waals surface area contributed by atoms with Crippen molar-refractivity contribution in [2.24, 2.45) is 0 Å². The molecule has 1 amide bonds. The number of carbonyl (C=O) groups is 1. The van der Waals surface area contributed by atoms with Gasteiger partial charge in [-0.2, -0.15) is 0 Å². The molecule has 114 valence electrons. The lowest BCUT2D eigenvalue weighted by molar-refractivity contribution is -0.123. The van der Waals surface area contributed by atoms with E-state index in [4.69, 9.17) is 9.47 Å². The van der Waals surface area contributed by atoms with Crippen molar-refractivity contribution in [3.8, 4) is 11.5 Å². The van der Waals surface area contributed by atoms with Gasteiger partial charge in [0.2, 0.25) is 0 Å². The second-order valence-corrected chi connectivity index (χ2v) is 4.06. The van der Waals surface area contributed by atoms with Gasteiger partial charge >= 0.3 is 0 Å². The molecule has 0 radical (unpaired) electrons. The van der Waals surface area contributed by atoms with Crippen molar-refractivity contribution in [2.45, 2.75) is 13.3 Å². The molecular weight excluding hydrogens is 280 g/mol. The van der Waals surface area contributed by atoms with Crippen LogP contribution in [0.4, 0.5) is 0 Å². The number of rotatable bonds is 9. The number of hydrogen-bond acceptors (Lipinski definition) is 4. The number of benzene rings is 1. The summed E-state index contributed by atoms with van der Waals surface area (Å²) in [6.07, 6.45) is 0.977. The van der Waals surface area contributed by atoms with E-state index in [0.29, 0.717) is 18.9 Å². The highest BCUT2D eigenvalue weighted by Crippen LogP contribution is 2.17. The second-order valence-electron chi connectivity index (χ2n) is 4.06. The summed E-state index contributed by atoms with van der Waals surface area (Å²) < 4.78 is 10.8. The highest BCUT2D eigenvalue weighted by Gasteiger charge is 2.02. The Balaban J connectivity index is 0.00000361. The number of amides is 1. The maximum Gasteiger partial charge on any atom is 0.257 e. The van der Waals surface area contributed by atoms with E-state index in [9.17, 15) is 4.79 Å². The first kappa shape index (κ1) is 18.5. The van der Waals surface area contributed by atoms with Gasteiger partial charge in [-0.1, -0.05) is 6.92 Å². The molecule has 0 aliphatic rings. The van der Waals surface area contributed by atoms with Crippen molar-refractivity contribution >= 4 is 18.3 Å². The van der Waals surface area contributed by atoms with Gasteiger partial charge in [-0.3, -0.25) is 4.79 Å². The van der Waals surface area contributed by atoms with Gasteiger partial charge in [-0.15, -0.1) is 12.4 Å². The third-order valence-corrected chi connectivity index (χ3v) is 2.36. The third kappa shape index (κ3) is 7.86. The Morgan fingerprint density at radius 3 is 2.25 bits per heavy atom. The number of nitrogens with one attached hydrogen (secondary N) is 2. The lowest BCUT2D eigenvalue weighted by atomic mass is 10.3. The number of hydrogen-bond donors (Lipinski definition) is 2. The van der Waals surface area contributed by atoms with Crippen LogP contribution in [0.2, 0.25) is 0 Å². The van der Waals surface area contributed by atoms with Crippen molar-refractivity contribution in [1.82, 2.24) is 10.6 Å². The average Bonchev–Trinajstić information content (AvgIpc) is 2.44. The average molecular weight is 303 g/mol. The highest BCUT2D eigenvalue weighted by atomic mass is 35.5. The zero-order chi connectivity index (χ0) is 13.9. The third-order valence-electron chi connectivity index (χ3n) is 2.36. The van der Waals surface area contributed by atoms with Gasteiger partial charge in [0.15, 0.2) is 6.61 Å². The van der Waals surface area contributed by atoms with E-state index in [1.165, 1.54) is 0 Å². The number of ether oxygens (including phenoxy) is 2. The molecule has 0 aliphatic carbocycles. The van der Waals surface area contributed by atoms with Crippen LogP contribution in [0, 0.1) is 0 Å². The minimum atomic E-state index is -0.124. The monoisotopic (exact) mass is 302 g/mol. The predicted molar refractivity (Wildman–Crippen MR) is 81.9 cm³/mol. The minimum absolute atomic E-state index is 0. The van der Waals surface area contributed by atoms with Gasteiger partial charge in [0.25, 0.3) is 5.91 Å². The Morgan fingerprint density at radius 2 is 1.70 bits per heavy atom. The fourth-order valence-corrected chi connectivity index (χ4v) is 1.38. The highest BCUT2D eigenvalue weighted by molar-refractivity contribution is 5.85. The van der Waals surface area contributed by atoms with Crippen molar-refractivity contribution in [1.29, 1.82) is 0 Å². The number of likely N-dealkylation sites (N-methyl/N-ethyl adjacent to an activating group) is 1. The molecule has 5 nitrogen and oxygen atoms in total. The molecule has 0 unspecified atom stereocenters. The van der Waals surface area contributed by atoms with Gasteiger partial charge in [-0.05, 0) is 37.7 Å². The van der Waals surface area contributed by atoms with Gasteiger partial charge in [-0.25, -0.2) is 0 Å². The van der Waals surface area contributed by atoms with Gasteiger partial charge in [0, 0.05) is 13.1 Å². The van der Waals surface area contributed by atoms with Crippen LogP contribution in [0.25, 0.3) is 0 Å². The normalized spacial score (nSPS) is 9.50. The van der Waals surface area contributed by atoms with E-state index in [1.807, 2.05) is 19.2 Å². The molecule has 6 heteroatoms. The molecule has 0 saturated heterocycles. The molecular formula is C14H23ClN2O3. The lowest BCUT2D eigenvalue weighted by Crippen LogP contribution is -2.33. The molecule has 1 rings (SSSR count). The molecule has 0 aliphatic heterocycles. The second kappa shape index (κ2) is 11.4. The fourth-order valence-electron chi connectivity index (χ4n) is 1.38. The first-order valence-electron chi connectivity index (χ1n) is 6.53. The molecule has 0 spiro atoms. The summed E-state index contributed by atoms with van der Waals surface area (Å²) >= 11 is 0. The first-order valence-corrected chi connectivity index (χ1v) is 6.53. The zero-order valence-corrected chi connectivity index (χ0v) is 12.8. The summed E-state index contributed by atoms with van der Waals surface area (Å²) in [5, 5.41) is 5.69. The van der Waals surface area contributed by atoms with Crippen molar-refractivity contribution in [3.05, 3.63) is 24.3 Å². The van der Waals surface area contributed by atoms with E-state index >= 15 is 0 Å². The first-order chi connectivity index (χ1) is 9.26. The lowest BCUT2D eigenvalue weighted by Gasteiger charge is -2.08. The van der Waals surface area contributed by atoms with Crippen LogP contribution >= 0.6 is 12.4 Å². The van der Waals surface area contributed by atoms with Crippen LogP contribution in [0.15, 0.2) is 24.3 Å². The molecule has 0 saturated carbocycles. The topological polar surface area (TPSA) is 59.6 Å². The standard InChI is InChI=1S/C14H22N2O3.ClH/c1-3-10-18-12-4-6-13(7-5-12)19-11-14(17)16-9-8-15-2;/h4-7,15H,3,8-11H2,1-2H3,(H,16,17);1H. The van der Waals surface area contributed by atoms with Crippen LogP contribution in [0.5, 0.6) is 11.5 Å². The Hall–Kier alpha value is -1.46. The van der Waals surface area contributed by atoms with E-state index in [0.717, 1.165) is 18.7 Å². The van der Waals surface area contributed by atoms with Crippen LogP contribution in [-0.4, -0.2) is 39.3 Å². The van der Waals surface area contributed by atoms with E-state index in [-0.39, 0.29) is 24.9 Å². The summed E-state index contributed by atoms with van der Waals surface area (Å²) in [6, 6.07) is 7.27. The van der Waals surface area contributed by atoms with Crippen LogP contribution in [0.1, 0.15) is 13.3 Å². The summed E-state index contributed by atoms with van der Waals surface area (Å²) in [6.45, 7) is 4.13. The van der Waals surface area contributed by atoms with E-state index in [2.05, 4.69) is 17.6 Å². The summed E-state index contributed by atoms with van der Waals surface area (Å²) in [5.74, 6) is 1.35. The molecule has 1 aromatic rings. The number of carbonyl (C=O) groups excluding carboxylic acids is 1. The quantitative estimate of drug-likeness (QED) is 0.681. The van der Waals surface area contributed by atoms with Crippen molar-refractivity contribution < 1.29 is 14.3 Å². The van der Waals surface area contributed by atoms with Crippen LogP contribution < -0.4 is 20.1 Å². The van der Waals surface area contributed by atoms with Gasteiger partial charge in [0.1, 0.15) is 11.5 Å². The van der Waals surface area contributed by atoms with Crippen molar-refractivity contribution in [3.63, 3.8) is 0 Å². The molecule has 20 heavy (non-hydrogen) atoms. The SMILES string of the molecule is CCCOc1ccc(OCC(=O)NCCNC)cc1.Cl. The maximum absolute atomic E-state index is 11.4. The molecule has 2 N–H and O–H groups in total. The fraction of sp³-hybridized carbons (Fsp3) is 0.500. The summed E-state index contributed by atoms with van der Waals surface area (Å²) in [7, 11) is 1.84. The summed E-state index contributed by atoms with van der Waals surface area (Å²) in [5.41, 5.74) is 0. The Morgan fingerprint density at radius 1 is 1.10 bits per heavy atom. The number of halogens is 1. The molecule has 0 fully saturated rings.